The van der Waals surface area contributed by atoms with Crippen molar-refractivity contribution in [2.75, 3.05) is 0 Å². The van der Waals surface area contributed by atoms with E-state index in [9.17, 15) is 4.79 Å². The topological polar surface area (TPSA) is 35.5 Å². The fourth-order valence-electron chi connectivity index (χ4n) is 0.574. The van der Waals surface area contributed by atoms with Gasteiger partial charge in [0.05, 0.1) is 0 Å². The lowest BCUT2D eigenvalue weighted by atomic mass is 10.4. The van der Waals surface area contributed by atoms with Crippen LogP contribution in [0.3, 0.4) is 0 Å². The van der Waals surface area contributed by atoms with E-state index in [1.807, 2.05) is 6.92 Å². The summed E-state index contributed by atoms with van der Waals surface area (Å²) in [6.45, 7) is 1.93. The number of aldehydes is 1. The van der Waals surface area contributed by atoms with E-state index in [4.69, 9.17) is 9.47 Å². The van der Waals surface area contributed by atoms with Crippen molar-refractivity contribution in [1.82, 2.24) is 0 Å². The second kappa shape index (κ2) is 2.53. The van der Waals surface area contributed by atoms with E-state index in [2.05, 4.69) is 0 Å². The maximum atomic E-state index is 9.99. The van der Waals surface area contributed by atoms with E-state index in [-0.39, 0.29) is 0 Å². The summed E-state index contributed by atoms with van der Waals surface area (Å²) in [5, 5.41) is 0. The van der Waals surface area contributed by atoms with Crippen LogP contribution in [0.25, 0.3) is 0 Å². The van der Waals surface area contributed by atoms with Crippen molar-refractivity contribution < 1.29 is 14.3 Å². The lowest BCUT2D eigenvalue weighted by molar-refractivity contribution is -0.129. The number of carbonyl (C=O) groups excluding carboxylic acids is 1. The average molecular weight is 128 g/mol. The van der Waals surface area contributed by atoms with E-state index >= 15 is 0 Å². The molecular formula is C6H8O3. The van der Waals surface area contributed by atoms with Crippen LogP contribution in [-0.4, -0.2) is 12.6 Å². The van der Waals surface area contributed by atoms with E-state index in [0.29, 0.717) is 6.29 Å². The predicted molar refractivity (Wildman–Crippen MR) is 30.4 cm³/mol. The summed E-state index contributed by atoms with van der Waals surface area (Å²) < 4.78 is 9.68. The van der Waals surface area contributed by atoms with Crippen LogP contribution in [0, 0.1) is 0 Å². The monoisotopic (exact) mass is 128 g/mol. The largest absolute Gasteiger partial charge is 0.452 e. The Kier molecular flexibility index (Phi) is 1.72. The molecule has 0 radical (unpaired) electrons. The van der Waals surface area contributed by atoms with Crippen molar-refractivity contribution in [1.29, 1.82) is 0 Å². The third-order valence-electron chi connectivity index (χ3n) is 1.06. The molecule has 0 aromatic heterocycles. The van der Waals surface area contributed by atoms with Crippen LogP contribution in [0.5, 0.6) is 0 Å². The molecule has 0 aromatic carbocycles. The normalized spacial score (nSPS) is 24.1. The molecule has 9 heavy (non-hydrogen) atoms. The highest BCUT2D eigenvalue weighted by Crippen LogP contribution is 2.14. The van der Waals surface area contributed by atoms with Crippen molar-refractivity contribution in [3.8, 4) is 0 Å². The first-order valence-electron chi connectivity index (χ1n) is 2.83. The van der Waals surface area contributed by atoms with Gasteiger partial charge in [0.25, 0.3) is 6.29 Å². The van der Waals surface area contributed by atoms with E-state index in [1.165, 1.54) is 6.26 Å². The van der Waals surface area contributed by atoms with E-state index in [0.717, 1.165) is 12.2 Å². The molecule has 0 bridgehead atoms. The van der Waals surface area contributed by atoms with Gasteiger partial charge < -0.3 is 9.47 Å². The molecular weight excluding hydrogens is 120 g/mol. The molecule has 0 saturated carbocycles. The molecule has 1 heterocycles. The molecule has 0 aliphatic carbocycles. The van der Waals surface area contributed by atoms with Crippen LogP contribution in [0.2, 0.25) is 0 Å². The minimum atomic E-state index is -0.694. The molecule has 0 amide bonds. The third-order valence-corrected chi connectivity index (χ3v) is 1.06. The highest BCUT2D eigenvalue weighted by atomic mass is 16.7. The molecule has 1 atom stereocenters. The van der Waals surface area contributed by atoms with Gasteiger partial charge in [-0.05, 0) is 0 Å². The minimum Gasteiger partial charge on any atom is -0.452 e. The van der Waals surface area contributed by atoms with Gasteiger partial charge in [-0.2, -0.15) is 0 Å². The Morgan fingerprint density at radius 2 is 2.67 bits per heavy atom. The molecule has 1 unspecified atom stereocenters. The number of rotatable bonds is 2. The van der Waals surface area contributed by atoms with Gasteiger partial charge in [0.15, 0.2) is 0 Å². The van der Waals surface area contributed by atoms with Gasteiger partial charge in [0, 0.05) is 6.42 Å². The summed E-state index contributed by atoms with van der Waals surface area (Å²) in [7, 11) is 0. The Bertz CT molecular complexity index is 139. The van der Waals surface area contributed by atoms with Crippen LogP contribution < -0.4 is 0 Å². The molecule has 0 fully saturated rings. The van der Waals surface area contributed by atoms with E-state index < -0.39 is 6.29 Å². The fourth-order valence-corrected chi connectivity index (χ4v) is 0.574. The number of allylic oxidation sites excluding steroid dienone is 1. The van der Waals surface area contributed by atoms with Crippen molar-refractivity contribution in [2.45, 2.75) is 19.6 Å². The second-order valence-electron chi connectivity index (χ2n) is 1.70. The summed E-state index contributed by atoms with van der Waals surface area (Å²) >= 11 is 0. The van der Waals surface area contributed by atoms with Gasteiger partial charge >= 0.3 is 0 Å². The molecule has 1 aliphatic rings. The van der Waals surface area contributed by atoms with Crippen LogP contribution in [-0.2, 0) is 14.3 Å². The molecule has 1 aliphatic heterocycles. The average Bonchev–Trinajstić information content (AvgIpc) is 2.34. The van der Waals surface area contributed by atoms with Gasteiger partial charge in [-0.15, -0.1) is 0 Å². The van der Waals surface area contributed by atoms with Crippen molar-refractivity contribution >= 4 is 6.29 Å². The highest BCUT2D eigenvalue weighted by Gasteiger charge is 2.15. The zero-order valence-electron chi connectivity index (χ0n) is 5.16. The number of hydrogen-bond donors (Lipinski definition) is 0. The van der Waals surface area contributed by atoms with Crippen LogP contribution in [0.1, 0.15) is 13.3 Å². The maximum Gasteiger partial charge on any atom is 0.296 e. The molecule has 0 aromatic rings. The summed E-state index contributed by atoms with van der Waals surface area (Å²) in [4.78, 5) is 9.99. The summed E-state index contributed by atoms with van der Waals surface area (Å²) in [5.74, 6) is 0.729. The van der Waals surface area contributed by atoms with Gasteiger partial charge in [0.1, 0.15) is 12.0 Å². The summed E-state index contributed by atoms with van der Waals surface area (Å²) in [6.07, 6.45) is 2.17. The molecule has 0 spiro atoms. The van der Waals surface area contributed by atoms with Crippen LogP contribution >= 0.6 is 0 Å². The molecule has 3 nitrogen and oxygen atoms in total. The summed E-state index contributed by atoms with van der Waals surface area (Å²) in [5.41, 5.74) is 0. The Morgan fingerprint density at radius 1 is 1.89 bits per heavy atom. The summed E-state index contributed by atoms with van der Waals surface area (Å²) in [6, 6.07) is 0. The van der Waals surface area contributed by atoms with Crippen molar-refractivity contribution in [3.05, 3.63) is 12.0 Å². The quantitative estimate of drug-likeness (QED) is 0.516. The Labute approximate surface area is 53.3 Å². The molecule has 1 rings (SSSR count). The molecule has 0 saturated heterocycles. The lowest BCUT2D eigenvalue weighted by Gasteiger charge is -2.01. The molecule has 50 valence electrons. The third kappa shape index (κ3) is 1.22. The van der Waals surface area contributed by atoms with Gasteiger partial charge in [-0.3, -0.25) is 4.79 Å². The first-order chi connectivity index (χ1) is 4.36. The smallest absolute Gasteiger partial charge is 0.296 e. The van der Waals surface area contributed by atoms with Gasteiger partial charge in [-0.1, -0.05) is 6.92 Å². The standard InChI is InChI=1S/C6H8O3/c1-2-5-4-8-6(3-7)9-5/h3-4,6H,2H2,1H3. The Hall–Kier alpha value is -0.990. The van der Waals surface area contributed by atoms with Crippen LogP contribution in [0.4, 0.5) is 0 Å². The number of hydrogen-bond acceptors (Lipinski definition) is 3. The first-order valence-corrected chi connectivity index (χ1v) is 2.83. The van der Waals surface area contributed by atoms with Gasteiger partial charge in [0.2, 0.25) is 6.29 Å². The zero-order chi connectivity index (χ0) is 6.69. The second-order valence-corrected chi connectivity index (χ2v) is 1.70. The highest BCUT2D eigenvalue weighted by molar-refractivity contribution is 5.54. The SMILES string of the molecule is CCC1=COC(C=O)O1. The van der Waals surface area contributed by atoms with E-state index in [1.54, 1.807) is 0 Å². The van der Waals surface area contributed by atoms with Gasteiger partial charge in [-0.25, -0.2) is 0 Å². The maximum absolute atomic E-state index is 9.99. The Balaban J connectivity index is 2.39. The Morgan fingerprint density at radius 3 is 3.00 bits per heavy atom. The predicted octanol–water partition coefficient (Wildman–Crippen LogP) is 0.810. The number of ether oxygens (including phenoxy) is 2. The van der Waals surface area contributed by atoms with Crippen LogP contribution in [0.15, 0.2) is 12.0 Å². The lowest BCUT2D eigenvalue weighted by Crippen LogP contribution is -2.08. The van der Waals surface area contributed by atoms with Crippen molar-refractivity contribution in [3.63, 3.8) is 0 Å². The fraction of sp³-hybridized carbons (Fsp3) is 0.500. The van der Waals surface area contributed by atoms with Crippen molar-refractivity contribution in [2.24, 2.45) is 0 Å². The first kappa shape index (κ1) is 6.13. The minimum absolute atomic E-state index is 0.624. The zero-order valence-corrected chi connectivity index (χ0v) is 5.16. The molecule has 0 N–H and O–H groups in total. The molecule has 3 heteroatoms. The number of carbonyl (C=O) groups is 1.